The van der Waals surface area contributed by atoms with Crippen LogP contribution in [0.15, 0.2) is 18.2 Å². The molecule has 25 heavy (non-hydrogen) atoms. The molecule has 0 bridgehead atoms. The van der Waals surface area contributed by atoms with Crippen LogP contribution in [0.25, 0.3) is 0 Å². The molecule has 1 heterocycles. The minimum absolute atomic E-state index is 0.141. The molecule has 1 fully saturated rings. The molecule has 0 spiro atoms. The molecule has 10 nitrogen and oxygen atoms in total. The Morgan fingerprint density at radius 2 is 1.88 bits per heavy atom. The Balaban J connectivity index is 2.10. The number of carboxylic acids is 1. The van der Waals surface area contributed by atoms with Crippen LogP contribution in [-0.2, 0) is 16.0 Å². The Morgan fingerprint density at radius 1 is 1.20 bits per heavy atom. The van der Waals surface area contributed by atoms with Crippen LogP contribution >= 0.6 is 0 Å². The van der Waals surface area contributed by atoms with Crippen molar-refractivity contribution >= 4 is 5.97 Å². The SMILES string of the molecule is O=C(O)[C@H](O)Cc1ccc(O[C@@H]2O[C@H](CO)[C@@H](O)[C@H](O)[C@H]2O)c(O)c1. The summed E-state index contributed by atoms with van der Waals surface area (Å²) in [5.41, 5.74) is 0.327. The van der Waals surface area contributed by atoms with E-state index in [-0.39, 0.29) is 12.2 Å². The first-order valence-electron chi connectivity index (χ1n) is 7.44. The number of aliphatic hydroxyl groups excluding tert-OH is 5. The van der Waals surface area contributed by atoms with Crippen molar-refractivity contribution in [1.29, 1.82) is 0 Å². The third kappa shape index (κ3) is 4.37. The summed E-state index contributed by atoms with van der Waals surface area (Å²) in [6.07, 6.45) is -9.27. The zero-order valence-electron chi connectivity index (χ0n) is 13.0. The van der Waals surface area contributed by atoms with Crippen LogP contribution < -0.4 is 4.74 Å². The van der Waals surface area contributed by atoms with Crippen molar-refractivity contribution in [2.24, 2.45) is 0 Å². The fourth-order valence-electron chi connectivity index (χ4n) is 2.39. The highest BCUT2D eigenvalue weighted by atomic mass is 16.7. The van der Waals surface area contributed by atoms with E-state index in [0.29, 0.717) is 5.56 Å². The third-order valence-electron chi connectivity index (χ3n) is 3.83. The van der Waals surface area contributed by atoms with E-state index in [2.05, 4.69) is 0 Å². The maximum atomic E-state index is 10.6. The van der Waals surface area contributed by atoms with Gasteiger partial charge >= 0.3 is 5.97 Å². The first kappa shape index (κ1) is 19.4. The van der Waals surface area contributed by atoms with Gasteiger partial charge in [0.15, 0.2) is 17.6 Å². The fourth-order valence-corrected chi connectivity index (χ4v) is 2.39. The quantitative estimate of drug-likeness (QED) is 0.288. The number of hydrogen-bond donors (Lipinski definition) is 7. The summed E-state index contributed by atoms with van der Waals surface area (Å²) in [6, 6.07) is 3.83. The Bertz CT molecular complexity index is 604. The topological polar surface area (TPSA) is 177 Å². The van der Waals surface area contributed by atoms with Crippen molar-refractivity contribution < 1.29 is 50.0 Å². The van der Waals surface area contributed by atoms with Crippen LogP contribution in [0.1, 0.15) is 5.56 Å². The lowest BCUT2D eigenvalue weighted by Crippen LogP contribution is -2.60. The van der Waals surface area contributed by atoms with Crippen molar-refractivity contribution in [3.8, 4) is 11.5 Å². The number of aliphatic carboxylic acids is 1. The first-order valence-corrected chi connectivity index (χ1v) is 7.44. The smallest absolute Gasteiger partial charge is 0.332 e. The Hall–Kier alpha value is -1.95. The highest BCUT2D eigenvalue weighted by Gasteiger charge is 2.44. The van der Waals surface area contributed by atoms with E-state index in [1.165, 1.54) is 18.2 Å². The van der Waals surface area contributed by atoms with Gasteiger partial charge < -0.3 is 45.2 Å². The summed E-state index contributed by atoms with van der Waals surface area (Å²) in [5, 5.41) is 66.3. The van der Waals surface area contributed by atoms with E-state index < -0.39 is 55.1 Å². The van der Waals surface area contributed by atoms with Crippen molar-refractivity contribution in [3.05, 3.63) is 23.8 Å². The second-order valence-electron chi connectivity index (χ2n) is 5.68. The van der Waals surface area contributed by atoms with E-state index in [9.17, 15) is 30.3 Å². The van der Waals surface area contributed by atoms with Crippen LogP contribution in [-0.4, -0.2) is 85.1 Å². The second kappa shape index (κ2) is 7.95. The number of ether oxygens (including phenoxy) is 2. The van der Waals surface area contributed by atoms with Crippen LogP contribution in [0, 0.1) is 0 Å². The molecule has 10 heteroatoms. The predicted molar refractivity (Wildman–Crippen MR) is 79.8 cm³/mol. The van der Waals surface area contributed by atoms with Gasteiger partial charge in [-0.1, -0.05) is 6.07 Å². The molecule has 1 aromatic carbocycles. The molecule has 2 rings (SSSR count). The number of rotatable bonds is 6. The average molecular weight is 360 g/mol. The monoisotopic (exact) mass is 360 g/mol. The molecule has 0 saturated carbocycles. The molecular weight excluding hydrogens is 340 g/mol. The van der Waals surface area contributed by atoms with Gasteiger partial charge in [0.1, 0.15) is 24.4 Å². The lowest BCUT2D eigenvalue weighted by Gasteiger charge is -2.39. The summed E-state index contributed by atoms with van der Waals surface area (Å²) in [4.78, 5) is 10.6. The minimum atomic E-state index is -1.63. The average Bonchev–Trinajstić information content (AvgIpc) is 2.57. The number of aliphatic hydroxyl groups is 5. The second-order valence-corrected chi connectivity index (χ2v) is 5.68. The zero-order chi connectivity index (χ0) is 18.7. The van der Waals surface area contributed by atoms with Crippen LogP contribution in [0.2, 0.25) is 0 Å². The minimum Gasteiger partial charge on any atom is -0.504 e. The van der Waals surface area contributed by atoms with Crippen LogP contribution in [0.3, 0.4) is 0 Å². The molecule has 1 aromatic rings. The van der Waals surface area contributed by atoms with Gasteiger partial charge in [-0.25, -0.2) is 4.79 Å². The van der Waals surface area contributed by atoms with E-state index in [1.54, 1.807) is 0 Å². The Morgan fingerprint density at radius 3 is 2.44 bits per heavy atom. The maximum Gasteiger partial charge on any atom is 0.332 e. The molecule has 0 aromatic heterocycles. The van der Waals surface area contributed by atoms with Crippen LogP contribution in [0.4, 0.5) is 0 Å². The van der Waals surface area contributed by atoms with E-state index in [1.807, 2.05) is 0 Å². The number of carbonyl (C=O) groups is 1. The number of carboxylic acid groups (broad SMARTS) is 1. The van der Waals surface area contributed by atoms with E-state index in [0.717, 1.165) is 0 Å². The van der Waals surface area contributed by atoms with Crippen molar-refractivity contribution in [2.75, 3.05) is 6.61 Å². The number of aromatic hydroxyl groups is 1. The molecule has 1 aliphatic rings. The lowest BCUT2D eigenvalue weighted by molar-refractivity contribution is -0.277. The highest BCUT2D eigenvalue weighted by Crippen LogP contribution is 2.31. The van der Waals surface area contributed by atoms with Gasteiger partial charge in [0.2, 0.25) is 6.29 Å². The lowest BCUT2D eigenvalue weighted by atomic mass is 9.99. The predicted octanol–water partition coefficient (Wildman–Crippen LogP) is -2.44. The normalized spacial score (nSPS) is 30.7. The molecule has 0 radical (unpaired) electrons. The summed E-state index contributed by atoms with van der Waals surface area (Å²) in [7, 11) is 0. The number of phenolic OH excluding ortho intramolecular Hbond substituents is 1. The first-order chi connectivity index (χ1) is 11.7. The highest BCUT2D eigenvalue weighted by molar-refractivity contribution is 5.72. The van der Waals surface area contributed by atoms with Gasteiger partial charge in [-0.2, -0.15) is 0 Å². The summed E-state index contributed by atoms with van der Waals surface area (Å²) >= 11 is 0. The standard InChI is InChI=1S/C15H20O10/c16-5-10-11(19)12(20)13(21)15(25-10)24-9-2-1-6(3-7(9)17)4-8(18)14(22)23/h1-3,8,10-13,15-21H,4-5H2,(H,22,23)/t8-,10-,11-,12+,13-,15-/m1/s1. The van der Waals surface area contributed by atoms with Crippen LogP contribution in [0.5, 0.6) is 11.5 Å². The number of benzene rings is 1. The summed E-state index contributed by atoms with van der Waals surface area (Å²) in [6.45, 7) is -0.622. The molecule has 0 amide bonds. The van der Waals surface area contributed by atoms with Gasteiger partial charge in [-0.15, -0.1) is 0 Å². The summed E-state index contributed by atoms with van der Waals surface area (Å²) in [5.74, 6) is -1.95. The molecule has 140 valence electrons. The molecule has 1 aliphatic heterocycles. The molecule has 0 aliphatic carbocycles. The molecule has 7 N–H and O–H groups in total. The maximum absolute atomic E-state index is 10.6. The third-order valence-corrected chi connectivity index (χ3v) is 3.83. The molecular formula is C15H20O10. The van der Waals surface area contributed by atoms with Gasteiger partial charge in [0.05, 0.1) is 6.61 Å². The fraction of sp³-hybridized carbons (Fsp3) is 0.533. The van der Waals surface area contributed by atoms with Crippen molar-refractivity contribution in [2.45, 2.75) is 43.2 Å². The van der Waals surface area contributed by atoms with E-state index in [4.69, 9.17) is 19.7 Å². The Labute approximate surface area is 142 Å². The van der Waals surface area contributed by atoms with E-state index >= 15 is 0 Å². The van der Waals surface area contributed by atoms with Crippen molar-refractivity contribution in [3.63, 3.8) is 0 Å². The summed E-state index contributed by atoms with van der Waals surface area (Å²) < 4.78 is 10.4. The Kier molecular flexibility index (Phi) is 6.16. The molecule has 0 unspecified atom stereocenters. The van der Waals surface area contributed by atoms with Gasteiger partial charge in [0, 0.05) is 6.42 Å². The number of hydrogen-bond acceptors (Lipinski definition) is 9. The largest absolute Gasteiger partial charge is 0.504 e. The molecule has 6 atom stereocenters. The van der Waals surface area contributed by atoms with Gasteiger partial charge in [-0.3, -0.25) is 0 Å². The zero-order valence-corrected chi connectivity index (χ0v) is 13.0. The van der Waals surface area contributed by atoms with Crippen molar-refractivity contribution in [1.82, 2.24) is 0 Å². The van der Waals surface area contributed by atoms with Gasteiger partial charge in [0.25, 0.3) is 0 Å². The van der Waals surface area contributed by atoms with Gasteiger partial charge in [-0.05, 0) is 17.7 Å². The molecule has 1 saturated heterocycles. The number of phenols is 1.